The fourth-order valence-corrected chi connectivity index (χ4v) is 3.78. The maximum absolute atomic E-state index is 12.8. The third-order valence-corrected chi connectivity index (χ3v) is 5.53. The minimum atomic E-state index is -1.06. The van der Waals surface area contributed by atoms with Crippen LogP contribution in [0.1, 0.15) is 55.1 Å². The van der Waals surface area contributed by atoms with E-state index in [1.165, 1.54) is 25.4 Å². The van der Waals surface area contributed by atoms with Gasteiger partial charge in [0.15, 0.2) is 16.9 Å². The average molecular weight is 442 g/mol. The maximum atomic E-state index is 12.8. The largest absolute Gasteiger partial charge is 0.465 e. The number of ketones is 1. The molecule has 2 N–H and O–H groups in total. The lowest BCUT2D eigenvalue weighted by molar-refractivity contribution is 0.0312. The molecule has 1 atom stereocenters. The smallest absolute Gasteiger partial charge is 0.358 e. The quantitative estimate of drug-likeness (QED) is 0.403. The van der Waals surface area contributed by atoms with E-state index in [9.17, 15) is 14.4 Å². The highest BCUT2D eigenvalue weighted by molar-refractivity contribution is 7.13. The molecule has 2 aromatic heterocycles. The summed E-state index contributed by atoms with van der Waals surface area (Å²) in [6, 6.07) is 9.80. The first-order valence-electron chi connectivity index (χ1n) is 9.57. The van der Waals surface area contributed by atoms with Crippen LogP contribution in [-0.2, 0) is 16.0 Å². The molecule has 0 spiro atoms. The lowest BCUT2D eigenvalue weighted by atomic mass is 10.1. The Balaban J connectivity index is 1.64. The van der Waals surface area contributed by atoms with Crippen molar-refractivity contribution in [3.8, 4) is 0 Å². The Labute approximate surface area is 183 Å². The van der Waals surface area contributed by atoms with Gasteiger partial charge in [-0.3, -0.25) is 4.79 Å². The molecule has 162 valence electrons. The number of anilines is 1. The Morgan fingerprint density at radius 1 is 1.16 bits per heavy atom. The van der Waals surface area contributed by atoms with Crippen molar-refractivity contribution in [2.75, 3.05) is 12.4 Å². The first-order chi connectivity index (χ1) is 14.8. The Morgan fingerprint density at radius 2 is 1.87 bits per heavy atom. The second-order valence-corrected chi connectivity index (χ2v) is 7.76. The van der Waals surface area contributed by atoms with E-state index in [4.69, 9.17) is 9.47 Å². The summed E-state index contributed by atoms with van der Waals surface area (Å²) < 4.78 is 10.1. The van der Waals surface area contributed by atoms with E-state index < -0.39 is 23.8 Å². The van der Waals surface area contributed by atoms with Crippen LogP contribution in [0.4, 0.5) is 5.13 Å². The summed E-state index contributed by atoms with van der Waals surface area (Å²) in [5.74, 6) is -1.67. The number of aromatic amines is 1. The van der Waals surface area contributed by atoms with Crippen molar-refractivity contribution in [2.24, 2.45) is 0 Å². The van der Waals surface area contributed by atoms with Crippen LogP contribution in [0.3, 0.4) is 0 Å². The monoisotopic (exact) mass is 441 g/mol. The van der Waals surface area contributed by atoms with Gasteiger partial charge in [0.05, 0.1) is 18.4 Å². The maximum Gasteiger partial charge on any atom is 0.358 e. The van der Waals surface area contributed by atoms with Crippen molar-refractivity contribution in [1.82, 2.24) is 9.97 Å². The fraction of sp³-hybridized carbons (Fsp3) is 0.273. The van der Waals surface area contributed by atoms with Crippen molar-refractivity contribution in [3.63, 3.8) is 0 Å². The number of thiazole rings is 1. The minimum absolute atomic E-state index is 0.120. The van der Waals surface area contributed by atoms with Crippen molar-refractivity contribution in [2.45, 2.75) is 33.4 Å². The van der Waals surface area contributed by atoms with Crippen LogP contribution in [0.25, 0.3) is 0 Å². The zero-order valence-corrected chi connectivity index (χ0v) is 18.5. The molecule has 2 heterocycles. The number of nitrogens with one attached hydrogen (secondary N) is 2. The Kier molecular flexibility index (Phi) is 6.86. The second-order valence-electron chi connectivity index (χ2n) is 6.91. The molecule has 3 aromatic rings. The molecule has 31 heavy (non-hydrogen) atoms. The number of carbonyl (C=O) groups excluding carboxylic acids is 3. The number of Topliss-reactive ketones (excluding diaryl/α,β-unsaturated/α-hetero) is 1. The van der Waals surface area contributed by atoms with Gasteiger partial charge >= 0.3 is 11.9 Å². The third kappa shape index (κ3) is 5.00. The molecule has 3 rings (SSSR count). The van der Waals surface area contributed by atoms with E-state index in [0.29, 0.717) is 28.5 Å². The summed E-state index contributed by atoms with van der Waals surface area (Å²) in [5, 5.41) is 5.31. The molecular weight excluding hydrogens is 418 g/mol. The van der Waals surface area contributed by atoms with Crippen LogP contribution in [0.5, 0.6) is 0 Å². The molecule has 1 aromatic carbocycles. The van der Waals surface area contributed by atoms with E-state index in [1.54, 1.807) is 19.2 Å². The van der Waals surface area contributed by atoms with Crippen LogP contribution < -0.4 is 5.32 Å². The molecule has 0 aliphatic rings. The zero-order valence-electron chi connectivity index (χ0n) is 17.6. The Morgan fingerprint density at radius 3 is 2.55 bits per heavy atom. The first-order valence-corrected chi connectivity index (χ1v) is 10.5. The molecule has 0 saturated heterocycles. The van der Waals surface area contributed by atoms with Gasteiger partial charge < -0.3 is 19.8 Å². The van der Waals surface area contributed by atoms with E-state index >= 15 is 0 Å². The second kappa shape index (κ2) is 9.57. The van der Waals surface area contributed by atoms with Crippen LogP contribution in [0.15, 0.2) is 35.7 Å². The number of H-pyrrole nitrogens is 1. The van der Waals surface area contributed by atoms with Gasteiger partial charge in [-0.15, -0.1) is 11.3 Å². The number of aryl methyl sites for hydroxylation is 1. The van der Waals surface area contributed by atoms with Gasteiger partial charge in [0.1, 0.15) is 0 Å². The first kappa shape index (κ1) is 22.2. The molecule has 0 amide bonds. The van der Waals surface area contributed by atoms with Gasteiger partial charge in [-0.1, -0.05) is 30.3 Å². The van der Waals surface area contributed by atoms with Crippen LogP contribution in [0, 0.1) is 13.8 Å². The van der Waals surface area contributed by atoms with Gasteiger partial charge in [-0.05, 0) is 31.9 Å². The molecule has 9 heteroatoms. The van der Waals surface area contributed by atoms with Crippen molar-refractivity contribution >= 4 is 34.2 Å². The minimum Gasteiger partial charge on any atom is -0.465 e. The number of hydrogen-bond donors (Lipinski definition) is 2. The van der Waals surface area contributed by atoms with Crippen molar-refractivity contribution in [1.29, 1.82) is 0 Å². The number of nitrogens with zero attached hydrogens (tertiary/aromatic N) is 1. The molecule has 0 aliphatic carbocycles. The molecule has 8 nitrogen and oxygen atoms in total. The lowest BCUT2D eigenvalue weighted by Gasteiger charge is -2.11. The third-order valence-electron chi connectivity index (χ3n) is 4.73. The number of ether oxygens (including phenoxy) is 2. The number of hydrogen-bond acceptors (Lipinski definition) is 8. The van der Waals surface area contributed by atoms with Crippen molar-refractivity contribution < 1.29 is 23.9 Å². The SMILES string of the molecule is COC(=O)c1c(C)[nH]c(C(=O)C(C)OC(=O)c2csc(NCc3ccccc3)n2)c1C. The van der Waals surface area contributed by atoms with E-state index in [1.807, 2.05) is 30.3 Å². The molecule has 1 unspecified atom stereocenters. The number of rotatable bonds is 8. The predicted octanol–water partition coefficient (Wildman–Crippen LogP) is 3.91. The number of esters is 2. The fourth-order valence-electron chi connectivity index (χ4n) is 3.10. The summed E-state index contributed by atoms with van der Waals surface area (Å²) in [6.45, 7) is 5.37. The molecule has 0 aliphatic heterocycles. The number of benzene rings is 1. The molecular formula is C22H23N3O5S. The average Bonchev–Trinajstić information content (AvgIpc) is 3.36. The molecule has 0 fully saturated rings. The zero-order chi connectivity index (χ0) is 22.5. The van der Waals surface area contributed by atoms with Gasteiger partial charge in [0, 0.05) is 17.6 Å². The molecule has 0 bridgehead atoms. The van der Waals surface area contributed by atoms with Gasteiger partial charge in [0.2, 0.25) is 5.78 Å². The number of aromatic nitrogens is 2. The summed E-state index contributed by atoms with van der Waals surface area (Å²) in [4.78, 5) is 44.3. The van der Waals surface area contributed by atoms with Gasteiger partial charge in [-0.25, -0.2) is 14.6 Å². The van der Waals surface area contributed by atoms with Gasteiger partial charge in [-0.2, -0.15) is 0 Å². The van der Waals surface area contributed by atoms with Crippen LogP contribution >= 0.6 is 11.3 Å². The summed E-state index contributed by atoms with van der Waals surface area (Å²) in [6.07, 6.45) is -1.06. The van der Waals surface area contributed by atoms with Crippen molar-refractivity contribution in [3.05, 3.63) is 69.5 Å². The molecule has 0 saturated carbocycles. The van der Waals surface area contributed by atoms with Crippen LogP contribution in [0.2, 0.25) is 0 Å². The standard InChI is InChI=1S/C22H23N3O5S/c1-12-17(21(28)29-4)13(2)24-18(12)19(26)14(3)30-20(27)16-11-31-22(25-16)23-10-15-8-6-5-7-9-15/h5-9,11,14,24H,10H2,1-4H3,(H,23,25). The Bertz CT molecular complexity index is 1100. The summed E-state index contributed by atoms with van der Waals surface area (Å²) >= 11 is 1.28. The predicted molar refractivity (Wildman–Crippen MR) is 117 cm³/mol. The number of carbonyl (C=O) groups is 3. The van der Waals surface area contributed by atoms with E-state index in [-0.39, 0.29) is 11.4 Å². The highest BCUT2D eigenvalue weighted by atomic mass is 32.1. The highest BCUT2D eigenvalue weighted by Crippen LogP contribution is 2.22. The molecule has 0 radical (unpaired) electrons. The number of methoxy groups -OCH3 is 1. The Hall–Kier alpha value is -3.46. The lowest BCUT2D eigenvalue weighted by Crippen LogP contribution is -2.25. The van der Waals surface area contributed by atoms with E-state index in [2.05, 4.69) is 15.3 Å². The van der Waals surface area contributed by atoms with Gasteiger partial charge in [0.25, 0.3) is 0 Å². The summed E-state index contributed by atoms with van der Waals surface area (Å²) in [7, 11) is 1.27. The highest BCUT2D eigenvalue weighted by Gasteiger charge is 2.28. The van der Waals surface area contributed by atoms with E-state index in [0.717, 1.165) is 5.56 Å². The van der Waals surface area contributed by atoms with Crippen LogP contribution in [-0.4, -0.2) is 40.9 Å². The topological polar surface area (TPSA) is 110 Å². The summed E-state index contributed by atoms with van der Waals surface area (Å²) in [5.41, 5.74) is 2.69. The normalized spacial score (nSPS) is 11.6.